The average molecular weight is 434 g/mol. The first-order valence-electron chi connectivity index (χ1n) is 11.0. The van der Waals surface area contributed by atoms with Gasteiger partial charge < -0.3 is 16.0 Å². The number of carbonyl (C=O) groups excluding carboxylic acids is 2. The number of nitrogens with one attached hydrogen (secondary N) is 3. The second kappa shape index (κ2) is 8.39. The summed E-state index contributed by atoms with van der Waals surface area (Å²) in [6.45, 7) is 9.03. The molecule has 0 unspecified atom stereocenters. The van der Waals surface area contributed by atoms with Gasteiger partial charge in [-0.2, -0.15) is 5.10 Å². The zero-order chi connectivity index (χ0) is 22.9. The van der Waals surface area contributed by atoms with Crippen LogP contribution >= 0.6 is 0 Å². The first-order chi connectivity index (χ1) is 15.1. The largest absolute Gasteiger partial charge is 0.349 e. The van der Waals surface area contributed by atoms with Gasteiger partial charge in [-0.15, -0.1) is 0 Å². The third-order valence-electron chi connectivity index (χ3n) is 5.85. The molecule has 7 nitrogen and oxygen atoms in total. The number of hydrogen-bond donors (Lipinski definition) is 3. The zero-order valence-corrected chi connectivity index (χ0v) is 19.1. The lowest BCUT2D eigenvalue weighted by Gasteiger charge is -2.46. The zero-order valence-electron chi connectivity index (χ0n) is 19.1. The Labute approximate surface area is 188 Å². The Morgan fingerprint density at radius 2 is 1.75 bits per heavy atom. The molecule has 1 saturated heterocycles. The standard InChI is InChI=1S/C25H31N5O2/c1-24(2)13-19(14-25(3,4)29-24)28-23(32)20-16-27-30-11-10-17(12-21(20)30)15-26-22(31)18-8-6-5-7-9-18/h5-12,16,19,29H,13-15H2,1-4H3,(H,26,31)(H,28,32). The van der Waals surface area contributed by atoms with Crippen LogP contribution in [0.15, 0.2) is 54.9 Å². The second-order valence-corrected chi connectivity index (χ2v) is 9.94. The van der Waals surface area contributed by atoms with E-state index in [-0.39, 0.29) is 28.9 Å². The van der Waals surface area contributed by atoms with Crippen molar-refractivity contribution in [2.45, 2.75) is 64.2 Å². The Balaban J connectivity index is 1.47. The number of pyridine rings is 1. The quantitative estimate of drug-likeness (QED) is 0.576. The van der Waals surface area contributed by atoms with Gasteiger partial charge in [-0.05, 0) is 70.4 Å². The molecule has 1 fully saturated rings. The number of carbonyl (C=O) groups is 2. The fraction of sp³-hybridized carbons (Fsp3) is 0.400. The topological polar surface area (TPSA) is 87.5 Å². The molecule has 3 N–H and O–H groups in total. The molecule has 0 saturated carbocycles. The highest BCUT2D eigenvalue weighted by atomic mass is 16.2. The smallest absolute Gasteiger partial charge is 0.255 e. The van der Waals surface area contributed by atoms with Gasteiger partial charge in [-0.3, -0.25) is 9.59 Å². The van der Waals surface area contributed by atoms with E-state index in [9.17, 15) is 9.59 Å². The lowest BCUT2D eigenvalue weighted by molar-refractivity contribution is 0.0873. The molecule has 0 atom stereocenters. The van der Waals surface area contributed by atoms with Crippen LogP contribution in [0.25, 0.3) is 5.52 Å². The Morgan fingerprint density at radius 3 is 2.44 bits per heavy atom. The maximum Gasteiger partial charge on any atom is 0.255 e. The number of amides is 2. The molecule has 0 radical (unpaired) electrons. The first-order valence-corrected chi connectivity index (χ1v) is 11.0. The summed E-state index contributed by atoms with van der Waals surface area (Å²) in [6.07, 6.45) is 5.14. The fourth-order valence-electron chi connectivity index (χ4n) is 4.87. The summed E-state index contributed by atoms with van der Waals surface area (Å²) in [4.78, 5) is 25.5. The van der Waals surface area contributed by atoms with Crippen molar-refractivity contribution >= 4 is 17.3 Å². The molecular formula is C25H31N5O2. The van der Waals surface area contributed by atoms with Crippen molar-refractivity contribution in [2.24, 2.45) is 0 Å². The summed E-state index contributed by atoms with van der Waals surface area (Å²) in [5.74, 6) is -0.253. The van der Waals surface area contributed by atoms with Gasteiger partial charge in [0.1, 0.15) is 0 Å². The highest BCUT2D eigenvalue weighted by Crippen LogP contribution is 2.28. The van der Waals surface area contributed by atoms with Crippen LogP contribution < -0.4 is 16.0 Å². The van der Waals surface area contributed by atoms with E-state index in [1.54, 1.807) is 22.8 Å². The Bertz CT molecular complexity index is 1120. The van der Waals surface area contributed by atoms with Crippen molar-refractivity contribution in [3.8, 4) is 0 Å². The number of fused-ring (bicyclic) bond motifs is 1. The molecule has 0 spiro atoms. The van der Waals surface area contributed by atoms with Crippen LogP contribution in [0.4, 0.5) is 0 Å². The van der Waals surface area contributed by atoms with E-state index >= 15 is 0 Å². The predicted molar refractivity (Wildman–Crippen MR) is 125 cm³/mol. The van der Waals surface area contributed by atoms with E-state index < -0.39 is 0 Å². The highest BCUT2D eigenvalue weighted by molar-refractivity contribution is 6.01. The van der Waals surface area contributed by atoms with E-state index in [0.717, 1.165) is 23.9 Å². The van der Waals surface area contributed by atoms with Gasteiger partial charge >= 0.3 is 0 Å². The maximum absolute atomic E-state index is 13.1. The van der Waals surface area contributed by atoms with E-state index in [2.05, 4.69) is 48.7 Å². The van der Waals surface area contributed by atoms with Crippen molar-refractivity contribution in [3.63, 3.8) is 0 Å². The third kappa shape index (κ3) is 4.99. The molecule has 3 aromatic rings. The number of benzene rings is 1. The van der Waals surface area contributed by atoms with Crippen LogP contribution in [0.2, 0.25) is 0 Å². The summed E-state index contributed by atoms with van der Waals surface area (Å²) in [7, 11) is 0. The van der Waals surface area contributed by atoms with E-state index in [1.807, 2.05) is 36.5 Å². The Morgan fingerprint density at radius 1 is 1.06 bits per heavy atom. The highest BCUT2D eigenvalue weighted by Gasteiger charge is 2.38. The summed E-state index contributed by atoms with van der Waals surface area (Å²) in [5.41, 5.74) is 2.68. The normalized spacial score (nSPS) is 17.8. The molecular weight excluding hydrogens is 402 g/mol. The molecule has 7 heteroatoms. The van der Waals surface area contributed by atoms with E-state index in [0.29, 0.717) is 17.7 Å². The van der Waals surface area contributed by atoms with Crippen LogP contribution in [0.3, 0.4) is 0 Å². The van der Waals surface area contributed by atoms with E-state index in [4.69, 9.17) is 0 Å². The summed E-state index contributed by atoms with van der Waals surface area (Å²) < 4.78 is 1.69. The summed E-state index contributed by atoms with van der Waals surface area (Å²) in [6, 6.07) is 13.0. The molecule has 1 aromatic carbocycles. The van der Waals surface area contributed by atoms with Crippen molar-refractivity contribution in [1.82, 2.24) is 25.6 Å². The molecule has 0 bridgehead atoms. The molecule has 0 aliphatic carbocycles. The van der Waals surface area contributed by atoms with Gasteiger partial charge in [0.05, 0.1) is 17.3 Å². The minimum Gasteiger partial charge on any atom is -0.349 e. The molecule has 168 valence electrons. The third-order valence-corrected chi connectivity index (χ3v) is 5.85. The first kappa shape index (κ1) is 22.0. The summed E-state index contributed by atoms with van der Waals surface area (Å²) >= 11 is 0. The monoisotopic (exact) mass is 433 g/mol. The van der Waals surface area contributed by atoms with Crippen LogP contribution in [-0.2, 0) is 6.54 Å². The molecule has 1 aliphatic heterocycles. The van der Waals surface area contributed by atoms with Crippen LogP contribution in [0.1, 0.15) is 66.8 Å². The number of nitrogens with zero attached hydrogens (tertiary/aromatic N) is 2. The molecule has 4 rings (SSSR count). The number of piperidine rings is 1. The van der Waals surface area contributed by atoms with Crippen LogP contribution in [0.5, 0.6) is 0 Å². The molecule has 3 heterocycles. The summed E-state index contributed by atoms with van der Waals surface area (Å²) in [5, 5.41) is 14.1. The lowest BCUT2D eigenvalue weighted by Crippen LogP contribution is -2.62. The maximum atomic E-state index is 13.1. The predicted octanol–water partition coefficient (Wildman–Crippen LogP) is 3.30. The molecule has 32 heavy (non-hydrogen) atoms. The number of aromatic nitrogens is 2. The van der Waals surface area contributed by atoms with E-state index in [1.165, 1.54) is 0 Å². The Hall–Kier alpha value is -3.19. The van der Waals surface area contributed by atoms with Crippen molar-refractivity contribution in [3.05, 3.63) is 71.5 Å². The second-order valence-electron chi connectivity index (χ2n) is 9.94. The lowest BCUT2D eigenvalue weighted by atomic mass is 9.79. The number of hydrogen-bond acceptors (Lipinski definition) is 4. The van der Waals surface area contributed by atoms with Gasteiger partial charge in [-0.25, -0.2) is 4.52 Å². The van der Waals surface area contributed by atoms with Gasteiger partial charge in [0.15, 0.2) is 0 Å². The Kier molecular flexibility index (Phi) is 5.77. The van der Waals surface area contributed by atoms with Crippen molar-refractivity contribution < 1.29 is 9.59 Å². The average Bonchev–Trinajstić information content (AvgIpc) is 3.13. The fourth-order valence-corrected chi connectivity index (χ4v) is 4.87. The van der Waals surface area contributed by atoms with Gasteiger partial charge in [-0.1, -0.05) is 18.2 Å². The molecule has 1 aliphatic rings. The van der Waals surface area contributed by atoms with Crippen LogP contribution in [-0.4, -0.2) is 38.5 Å². The minimum absolute atomic E-state index is 0.0507. The minimum atomic E-state index is -0.131. The SMILES string of the molecule is CC1(C)CC(NC(=O)c2cnn3ccc(CNC(=O)c4ccccc4)cc23)CC(C)(C)N1. The number of rotatable bonds is 5. The molecule has 2 amide bonds. The van der Waals surface area contributed by atoms with Crippen molar-refractivity contribution in [1.29, 1.82) is 0 Å². The van der Waals surface area contributed by atoms with Gasteiger partial charge in [0.25, 0.3) is 11.8 Å². The van der Waals surface area contributed by atoms with Gasteiger partial charge in [0, 0.05) is 35.4 Å². The molecule has 2 aromatic heterocycles. The van der Waals surface area contributed by atoms with Crippen LogP contribution in [0, 0.1) is 0 Å². The van der Waals surface area contributed by atoms with Gasteiger partial charge in [0.2, 0.25) is 0 Å². The van der Waals surface area contributed by atoms with Crippen molar-refractivity contribution in [2.75, 3.05) is 0 Å².